The maximum Gasteiger partial charge on any atom is 0.472 e. The van der Waals surface area contributed by atoms with Crippen molar-refractivity contribution in [3.63, 3.8) is 0 Å². The van der Waals surface area contributed by atoms with Crippen molar-refractivity contribution in [2.75, 3.05) is 40.9 Å². The van der Waals surface area contributed by atoms with Crippen molar-refractivity contribution in [2.45, 2.75) is 360 Å². The van der Waals surface area contributed by atoms with Crippen molar-refractivity contribution in [2.24, 2.45) is 0 Å². The summed E-state index contributed by atoms with van der Waals surface area (Å²) in [5.74, 6) is -0.138. The van der Waals surface area contributed by atoms with Crippen molar-refractivity contribution in [3.8, 4) is 0 Å². The highest BCUT2D eigenvalue weighted by molar-refractivity contribution is 7.47. The second-order valence-corrected chi connectivity index (χ2v) is 25.7. The molecule has 0 aromatic heterocycles. The van der Waals surface area contributed by atoms with E-state index in [-0.39, 0.29) is 19.1 Å². The summed E-state index contributed by atoms with van der Waals surface area (Å²) in [6.07, 6.45) is 71.5. The van der Waals surface area contributed by atoms with Crippen LogP contribution in [0.3, 0.4) is 0 Å². The monoisotopic (exact) mass is 1070 g/mol. The molecule has 0 rings (SSSR count). The van der Waals surface area contributed by atoms with E-state index in [9.17, 15) is 19.4 Å². The molecule has 3 unspecified atom stereocenters. The van der Waals surface area contributed by atoms with Crippen LogP contribution in [0.4, 0.5) is 0 Å². The number of phosphoric ester groups is 1. The standard InChI is InChI=1S/C65H131N2O6P/c1-6-8-10-12-14-16-18-20-22-24-26-28-30-32-33-35-37-39-41-43-45-47-49-51-53-55-57-59-65(69)66-63(62-73-74(70,71)72-61-60-67(3,4)5)64(68)58-56-54-52-50-48-46-44-42-40-38-36-34-31-29-27-25-23-21-19-17-15-13-11-9-7-2/h32-33,63-64,68H,6-31,34-62H2,1-5H3,(H-,66,69,70,71)/p+1/b33-32-. The maximum atomic E-state index is 13.0. The van der Waals surface area contributed by atoms with Crippen LogP contribution < -0.4 is 5.32 Å². The number of unbranched alkanes of at least 4 members (excludes halogenated alkanes) is 47. The number of amides is 1. The number of aliphatic hydroxyl groups is 1. The number of nitrogens with one attached hydrogen (secondary N) is 1. The van der Waals surface area contributed by atoms with Crippen molar-refractivity contribution in [1.29, 1.82) is 0 Å². The van der Waals surface area contributed by atoms with Gasteiger partial charge in [0, 0.05) is 6.42 Å². The van der Waals surface area contributed by atoms with E-state index in [0.29, 0.717) is 23.9 Å². The number of phosphoric acid groups is 1. The predicted octanol–water partition coefficient (Wildman–Crippen LogP) is 20.6. The van der Waals surface area contributed by atoms with Gasteiger partial charge in [-0.15, -0.1) is 0 Å². The smallest absolute Gasteiger partial charge is 0.391 e. The molecular formula is C65H132N2O6P+. The number of aliphatic hydroxyl groups excluding tert-OH is 1. The van der Waals surface area contributed by atoms with E-state index in [2.05, 4.69) is 31.3 Å². The Balaban J connectivity index is 4.05. The Kier molecular flexibility index (Phi) is 56.4. The molecule has 0 bridgehead atoms. The Morgan fingerprint density at radius 1 is 0.446 bits per heavy atom. The van der Waals surface area contributed by atoms with Gasteiger partial charge in [0.05, 0.1) is 39.9 Å². The van der Waals surface area contributed by atoms with Crippen LogP contribution in [0.2, 0.25) is 0 Å². The second-order valence-electron chi connectivity index (χ2n) is 24.2. The molecule has 3 atom stereocenters. The highest BCUT2D eigenvalue weighted by Gasteiger charge is 2.28. The molecule has 0 radical (unpaired) electrons. The van der Waals surface area contributed by atoms with Crippen molar-refractivity contribution < 1.29 is 32.9 Å². The van der Waals surface area contributed by atoms with Crippen LogP contribution in [0.25, 0.3) is 0 Å². The predicted molar refractivity (Wildman–Crippen MR) is 323 cm³/mol. The molecule has 1 amide bonds. The molecule has 0 aliphatic rings. The van der Waals surface area contributed by atoms with Crippen LogP contribution >= 0.6 is 7.82 Å². The fourth-order valence-electron chi connectivity index (χ4n) is 10.3. The third-order valence-electron chi connectivity index (χ3n) is 15.5. The molecule has 0 aliphatic heterocycles. The van der Waals surface area contributed by atoms with Crippen LogP contribution in [0.5, 0.6) is 0 Å². The van der Waals surface area contributed by atoms with Gasteiger partial charge in [-0.25, -0.2) is 4.57 Å². The first kappa shape index (κ1) is 73.2. The Bertz CT molecular complexity index is 1210. The molecule has 0 aromatic rings. The number of allylic oxidation sites excluding steroid dienone is 2. The molecule has 0 aliphatic carbocycles. The maximum absolute atomic E-state index is 13.0. The number of hydrogen-bond donors (Lipinski definition) is 3. The number of rotatable bonds is 62. The first-order chi connectivity index (χ1) is 36.0. The highest BCUT2D eigenvalue weighted by Crippen LogP contribution is 2.43. The third-order valence-corrected chi connectivity index (χ3v) is 16.5. The van der Waals surface area contributed by atoms with Crippen LogP contribution in [0.1, 0.15) is 348 Å². The van der Waals surface area contributed by atoms with E-state index >= 15 is 0 Å². The largest absolute Gasteiger partial charge is 0.472 e. The van der Waals surface area contributed by atoms with E-state index in [1.54, 1.807) is 0 Å². The summed E-state index contributed by atoms with van der Waals surface area (Å²) < 4.78 is 23.9. The SMILES string of the molecule is CCCCCCCCCCCCCC/C=C\CCCCCCCCCCCCCC(=O)NC(COP(=O)(O)OCC[N+](C)(C)C)C(O)CCCCCCCCCCCCCCCCCCCCCCCCCCC. The van der Waals surface area contributed by atoms with Crippen LogP contribution in [-0.4, -0.2) is 73.4 Å². The molecule has 74 heavy (non-hydrogen) atoms. The lowest BCUT2D eigenvalue weighted by Gasteiger charge is -2.26. The normalized spacial score (nSPS) is 13.8. The average Bonchev–Trinajstić information content (AvgIpc) is 3.36. The van der Waals surface area contributed by atoms with Gasteiger partial charge in [0.1, 0.15) is 13.2 Å². The van der Waals surface area contributed by atoms with Gasteiger partial charge in [0.15, 0.2) is 0 Å². The number of carbonyl (C=O) groups is 1. The Morgan fingerprint density at radius 3 is 1.04 bits per heavy atom. The lowest BCUT2D eigenvalue weighted by molar-refractivity contribution is -0.870. The molecule has 9 heteroatoms. The Hall–Kier alpha value is -0.760. The molecule has 0 fully saturated rings. The molecule has 0 heterocycles. The zero-order valence-electron chi connectivity index (χ0n) is 50.6. The van der Waals surface area contributed by atoms with E-state index in [4.69, 9.17) is 9.05 Å². The fourth-order valence-corrected chi connectivity index (χ4v) is 11.1. The molecule has 0 spiro atoms. The first-order valence-corrected chi connectivity index (χ1v) is 34.5. The zero-order valence-corrected chi connectivity index (χ0v) is 51.5. The van der Waals surface area contributed by atoms with Gasteiger partial charge in [-0.3, -0.25) is 13.8 Å². The minimum atomic E-state index is -4.33. The molecule has 3 N–H and O–H groups in total. The molecule has 0 saturated heterocycles. The van der Waals surface area contributed by atoms with Crippen molar-refractivity contribution in [1.82, 2.24) is 5.32 Å². The summed E-state index contributed by atoms with van der Waals surface area (Å²) >= 11 is 0. The Morgan fingerprint density at radius 2 is 0.730 bits per heavy atom. The summed E-state index contributed by atoms with van der Waals surface area (Å²) in [4.78, 5) is 23.4. The minimum Gasteiger partial charge on any atom is -0.391 e. The molecule has 0 saturated carbocycles. The van der Waals surface area contributed by atoms with E-state index in [1.807, 2.05) is 21.1 Å². The molecular weight excluding hydrogens is 936 g/mol. The van der Waals surface area contributed by atoms with Crippen LogP contribution in [-0.2, 0) is 18.4 Å². The van der Waals surface area contributed by atoms with Crippen LogP contribution in [0, 0.1) is 0 Å². The third kappa shape index (κ3) is 58.9. The summed E-state index contributed by atoms with van der Waals surface area (Å²) in [5.41, 5.74) is 0. The van der Waals surface area contributed by atoms with Gasteiger partial charge in [-0.1, -0.05) is 315 Å². The summed E-state index contributed by atoms with van der Waals surface area (Å²) in [7, 11) is 1.63. The fraction of sp³-hybridized carbons (Fsp3) is 0.954. The lowest BCUT2D eigenvalue weighted by Crippen LogP contribution is -2.46. The van der Waals surface area contributed by atoms with Gasteiger partial charge < -0.3 is 19.8 Å². The minimum absolute atomic E-state index is 0.0774. The highest BCUT2D eigenvalue weighted by atomic mass is 31.2. The van der Waals surface area contributed by atoms with Gasteiger partial charge in [0.25, 0.3) is 0 Å². The first-order valence-electron chi connectivity index (χ1n) is 33.1. The second kappa shape index (κ2) is 56.9. The number of carbonyl (C=O) groups excluding carboxylic acids is 1. The van der Waals surface area contributed by atoms with Crippen LogP contribution in [0.15, 0.2) is 12.2 Å². The van der Waals surface area contributed by atoms with E-state index in [1.165, 1.54) is 283 Å². The van der Waals surface area contributed by atoms with Gasteiger partial charge in [-0.05, 0) is 38.5 Å². The quantitative estimate of drug-likeness (QED) is 0.0243. The van der Waals surface area contributed by atoms with E-state index < -0.39 is 20.0 Å². The summed E-state index contributed by atoms with van der Waals surface area (Å²) in [5, 5.41) is 14.1. The van der Waals surface area contributed by atoms with Gasteiger partial charge in [-0.2, -0.15) is 0 Å². The Labute approximate surface area is 462 Å². The molecule has 0 aromatic carbocycles. The van der Waals surface area contributed by atoms with Crippen molar-refractivity contribution in [3.05, 3.63) is 12.2 Å². The zero-order chi connectivity index (χ0) is 54.2. The number of nitrogens with zero attached hydrogens (tertiary/aromatic N) is 1. The number of quaternary nitrogens is 1. The van der Waals surface area contributed by atoms with Gasteiger partial charge >= 0.3 is 7.82 Å². The van der Waals surface area contributed by atoms with E-state index in [0.717, 1.165) is 38.5 Å². The van der Waals surface area contributed by atoms with Gasteiger partial charge in [0.2, 0.25) is 5.91 Å². The molecule has 442 valence electrons. The topological polar surface area (TPSA) is 105 Å². The summed E-state index contributed by atoms with van der Waals surface area (Å²) in [6.45, 7) is 4.95. The summed E-state index contributed by atoms with van der Waals surface area (Å²) in [6, 6.07) is -0.760. The average molecular weight is 1070 g/mol. The number of likely N-dealkylation sites (N-methyl/N-ethyl adjacent to an activating group) is 1. The van der Waals surface area contributed by atoms with Crippen molar-refractivity contribution >= 4 is 13.7 Å². The lowest BCUT2D eigenvalue weighted by atomic mass is 10.0. The molecule has 8 nitrogen and oxygen atoms in total. The number of hydrogen-bond acceptors (Lipinski definition) is 5.